The lowest BCUT2D eigenvalue weighted by Crippen LogP contribution is -2.23. The van der Waals surface area contributed by atoms with Gasteiger partial charge in [-0.2, -0.15) is 0 Å². The summed E-state index contributed by atoms with van der Waals surface area (Å²) in [7, 11) is 1.60. The molecular weight excluding hydrogens is 276 g/mol. The minimum Gasteiger partial charge on any atom is -0.497 e. The zero-order chi connectivity index (χ0) is 16.3. The van der Waals surface area contributed by atoms with Gasteiger partial charge in [0.15, 0.2) is 0 Å². The molecule has 1 aromatic carbocycles. The molecule has 0 radical (unpaired) electrons. The predicted molar refractivity (Wildman–Crippen MR) is 88.5 cm³/mol. The highest BCUT2D eigenvalue weighted by molar-refractivity contribution is 5.94. The van der Waals surface area contributed by atoms with E-state index in [-0.39, 0.29) is 5.91 Å². The van der Waals surface area contributed by atoms with Crippen LogP contribution < -0.4 is 10.1 Å². The number of rotatable bonds is 5. The van der Waals surface area contributed by atoms with E-state index in [0.29, 0.717) is 23.9 Å². The number of amides is 1. The molecule has 118 valence electrons. The average molecular weight is 300 g/mol. The van der Waals surface area contributed by atoms with Gasteiger partial charge in [0.1, 0.15) is 5.75 Å². The maximum atomic E-state index is 12.2. The van der Waals surface area contributed by atoms with Crippen LogP contribution in [0.3, 0.4) is 0 Å². The normalized spacial score (nSPS) is 10.8. The van der Waals surface area contributed by atoms with Gasteiger partial charge in [-0.1, -0.05) is 6.07 Å². The first-order valence-electron chi connectivity index (χ1n) is 7.53. The van der Waals surface area contributed by atoms with E-state index in [9.17, 15) is 4.79 Å². The number of benzene rings is 1. The molecule has 1 aromatic heterocycles. The Balaban J connectivity index is 2.10. The zero-order valence-electron chi connectivity index (χ0n) is 13.9. The summed E-state index contributed by atoms with van der Waals surface area (Å²) in [5.41, 5.74) is 4.19. The molecule has 2 rings (SSSR count). The Morgan fingerprint density at radius 3 is 2.59 bits per heavy atom. The Morgan fingerprint density at radius 1 is 1.27 bits per heavy atom. The van der Waals surface area contributed by atoms with Crippen LogP contribution in [0.5, 0.6) is 5.75 Å². The molecule has 0 saturated carbocycles. The molecule has 0 atom stereocenters. The maximum Gasteiger partial charge on any atom is 0.251 e. The second kappa shape index (κ2) is 6.69. The fraction of sp³-hybridized carbons (Fsp3) is 0.389. The van der Waals surface area contributed by atoms with Gasteiger partial charge in [0.05, 0.1) is 7.11 Å². The van der Waals surface area contributed by atoms with Gasteiger partial charge in [0, 0.05) is 29.5 Å². The van der Waals surface area contributed by atoms with Gasteiger partial charge in [-0.05, 0) is 57.5 Å². The van der Waals surface area contributed by atoms with Gasteiger partial charge in [0.25, 0.3) is 5.91 Å². The minimum absolute atomic E-state index is 0.0896. The zero-order valence-corrected chi connectivity index (χ0v) is 13.9. The van der Waals surface area contributed by atoms with E-state index in [0.717, 1.165) is 5.56 Å². The van der Waals surface area contributed by atoms with Gasteiger partial charge >= 0.3 is 0 Å². The van der Waals surface area contributed by atoms with Gasteiger partial charge in [-0.15, -0.1) is 0 Å². The molecule has 0 aliphatic rings. The van der Waals surface area contributed by atoms with E-state index in [4.69, 9.17) is 4.74 Å². The summed E-state index contributed by atoms with van der Waals surface area (Å²) in [4.78, 5) is 12.2. The standard InChI is InChI=1S/C18H24N2O2/c1-12(2)20-13(3)9-16(14(20)4)11-19-18(21)15-7-6-8-17(10-15)22-5/h6-10,12H,11H2,1-5H3,(H,19,21). The fourth-order valence-electron chi connectivity index (χ4n) is 2.86. The van der Waals surface area contributed by atoms with Crippen molar-refractivity contribution in [3.8, 4) is 5.75 Å². The van der Waals surface area contributed by atoms with E-state index in [1.165, 1.54) is 11.4 Å². The maximum absolute atomic E-state index is 12.2. The molecule has 1 amide bonds. The largest absolute Gasteiger partial charge is 0.497 e. The molecule has 0 fully saturated rings. The monoisotopic (exact) mass is 300 g/mol. The SMILES string of the molecule is COc1cccc(C(=O)NCc2cc(C)n(C(C)C)c2C)c1. The first kappa shape index (κ1) is 16.1. The number of methoxy groups -OCH3 is 1. The van der Waals surface area contributed by atoms with Crippen LogP contribution in [-0.2, 0) is 6.54 Å². The molecule has 2 aromatic rings. The number of ether oxygens (including phenoxy) is 1. The highest BCUT2D eigenvalue weighted by Gasteiger charge is 2.13. The van der Waals surface area contributed by atoms with Crippen LogP contribution in [0.1, 0.15) is 47.2 Å². The molecule has 0 aliphatic heterocycles. The van der Waals surface area contributed by atoms with Gasteiger partial charge in [-0.3, -0.25) is 4.79 Å². The first-order chi connectivity index (χ1) is 10.4. The number of nitrogens with zero attached hydrogens (tertiary/aromatic N) is 1. The van der Waals surface area contributed by atoms with Gasteiger partial charge < -0.3 is 14.6 Å². The third-order valence-corrected chi connectivity index (χ3v) is 3.88. The number of nitrogens with one attached hydrogen (secondary N) is 1. The fourth-order valence-corrected chi connectivity index (χ4v) is 2.86. The van der Waals surface area contributed by atoms with E-state index >= 15 is 0 Å². The highest BCUT2D eigenvalue weighted by atomic mass is 16.5. The lowest BCUT2D eigenvalue weighted by molar-refractivity contribution is 0.0950. The van der Waals surface area contributed by atoms with Crippen molar-refractivity contribution in [2.75, 3.05) is 7.11 Å². The number of carbonyl (C=O) groups is 1. The van der Waals surface area contributed by atoms with Crippen molar-refractivity contribution in [1.82, 2.24) is 9.88 Å². The van der Waals surface area contributed by atoms with Crippen molar-refractivity contribution in [3.63, 3.8) is 0 Å². The minimum atomic E-state index is -0.0896. The number of hydrogen-bond donors (Lipinski definition) is 1. The van der Waals surface area contributed by atoms with Crippen molar-refractivity contribution in [2.24, 2.45) is 0 Å². The summed E-state index contributed by atoms with van der Waals surface area (Å²) >= 11 is 0. The highest BCUT2D eigenvalue weighted by Crippen LogP contribution is 2.20. The Morgan fingerprint density at radius 2 is 2.00 bits per heavy atom. The Hall–Kier alpha value is -2.23. The Bertz CT molecular complexity index is 672. The first-order valence-corrected chi connectivity index (χ1v) is 7.53. The lowest BCUT2D eigenvalue weighted by Gasteiger charge is -2.14. The summed E-state index contributed by atoms with van der Waals surface area (Å²) in [6.45, 7) is 9.06. The van der Waals surface area contributed by atoms with E-state index in [2.05, 4.69) is 43.6 Å². The topological polar surface area (TPSA) is 43.3 Å². The van der Waals surface area contributed by atoms with Gasteiger partial charge in [-0.25, -0.2) is 0 Å². The average Bonchev–Trinajstić information content (AvgIpc) is 2.79. The molecule has 4 nitrogen and oxygen atoms in total. The van der Waals surface area contributed by atoms with Crippen molar-refractivity contribution in [1.29, 1.82) is 0 Å². The van der Waals surface area contributed by atoms with Crippen LogP contribution in [-0.4, -0.2) is 17.6 Å². The molecule has 1 heterocycles. The molecule has 0 spiro atoms. The van der Waals surface area contributed by atoms with Crippen molar-refractivity contribution >= 4 is 5.91 Å². The molecule has 0 aliphatic carbocycles. The van der Waals surface area contributed by atoms with Crippen molar-refractivity contribution in [2.45, 2.75) is 40.3 Å². The number of aryl methyl sites for hydroxylation is 1. The van der Waals surface area contributed by atoms with E-state index in [1.54, 1.807) is 19.2 Å². The number of carbonyl (C=O) groups excluding carboxylic acids is 1. The molecule has 0 saturated heterocycles. The van der Waals surface area contributed by atoms with E-state index < -0.39 is 0 Å². The molecule has 1 N–H and O–H groups in total. The smallest absolute Gasteiger partial charge is 0.251 e. The molecule has 0 unspecified atom stereocenters. The molecule has 0 bridgehead atoms. The van der Waals surface area contributed by atoms with Crippen molar-refractivity contribution < 1.29 is 9.53 Å². The molecule has 4 heteroatoms. The van der Waals surface area contributed by atoms with Gasteiger partial charge in [0.2, 0.25) is 0 Å². The van der Waals surface area contributed by atoms with Crippen LogP contribution in [0.15, 0.2) is 30.3 Å². The predicted octanol–water partition coefficient (Wildman–Crippen LogP) is 3.62. The summed E-state index contributed by atoms with van der Waals surface area (Å²) in [5.74, 6) is 0.596. The lowest BCUT2D eigenvalue weighted by atomic mass is 10.2. The van der Waals surface area contributed by atoms with Crippen LogP contribution in [0.2, 0.25) is 0 Å². The summed E-state index contributed by atoms with van der Waals surface area (Å²) in [6, 6.07) is 9.73. The third kappa shape index (κ3) is 3.32. The van der Waals surface area contributed by atoms with Crippen LogP contribution in [0, 0.1) is 13.8 Å². The van der Waals surface area contributed by atoms with Crippen molar-refractivity contribution in [3.05, 3.63) is 52.8 Å². The second-order valence-corrected chi connectivity index (χ2v) is 5.77. The summed E-state index contributed by atoms with van der Waals surface area (Å²) in [5, 5.41) is 2.98. The third-order valence-electron chi connectivity index (χ3n) is 3.88. The summed E-state index contributed by atoms with van der Waals surface area (Å²) < 4.78 is 7.43. The number of aromatic nitrogens is 1. The quantitative estimate of drug-likeness (QED) is 0.916. The Labute approximate surface area is 132 Å². The summed E-state index contributed by atoms with van der Waals surface area (Å²) in [6.07, 6.45) is 0. The van der Waals surface area contributed by atoms with Crippen LogP contribution >= 0.6 is 0 Å². The van der Waals surface area contributed by atoms with Crippen LogP contribution in [0.25, 0.3) is 0 Å². The second-order valence-electron chi connectivity index (χ2n) is 5.77. The van der Waals surface area contributed by atoms with Crippen LogP contribution in [0.4, 0.5) is 0 Å². The molecular formula is C18H24N2O2. The Kier molecular flexibility index (Phi) is 4.91. The number of hydrogen-bond acceptors (Lipinski definition) is 2. The molecule has 22 heavy (non-hydrogen) atoms. The van der Waals surface area contributed by atoms with E-state index in [1.807, 2.05) is 12.1 Å².